The maximum absolute atomic E-state index is 12.4. The molecule has 0 aliphatic heterocycles. The molecule has 0 aliphatic rings. The fourth-order valence-electron chi connectivity index (χ4n) is 1.27. The number of halogens is 24. The Balaban J connectivity index is 0. The first-order valence-electron chi connectivity index (χ1n) is 6.54. The first kappa shape index (κ1) is 34.5. The average Bonchev–Trinajstić information content (AvgIpc) is 2.48. The van der Waals surface area contributed by atoms with Gasteiger partial charge >= 0.3 is 60.2 Å². The van der Waals surface area contributed by atoms with Crippen LogP contribution in [0.2, 0.25) is 0 Å². The van der Waals surface area contributed by atoms with E-state index in [-0.39, 0.29) is 0 Å². The molecule has 0 rings (SSSR count). The number of hydrogen-bond acceptors (Lipinski definition) is 0. The summed E-state index contributed by atoms with van der Waals surface area (Å²) in [5, 5.41) is 0. The molecule has 0 amide bonds. The zero-order chi connectivity index (χ0) is 29.0. The van der Waals surface area contributed by atoms with Crippen LogP contribution in [0.4, 0.5) is 105 Å². The third-order valence-electron chi connectivity index (χ3n) is 3.07. The van der Waals surface area contributed by atoms with Gasteiger partial charge in [0.2, 0.25) is 0 Å². The Morgan fingerprint density at radius 3 is 0.441 bits per heavy atom. The predicted molar refractivity (Wildman–Crippen MR) is 53.9 cm³/mol. The molecule has 0 aromatic carbocycles. The van der Waals surface area contributed by atoms with Crippen LogP contribution in [-0.2, 0) is 0 Å². The Labute approximate surface area is 167 Å². The van der Waals surface area contributed by atoms with Gasteiger partial charge < -0.3 is 0 Å². The van der Waals surface area contributed by atoms with Gasteiger partial charge in [-0.15, -0.1) is 0 Å². The summed E-state index contributed by atoms with van der Waals surface area (Å²) in [5.41, 5.74) is -7.70. The van der Waals surface area contributed by atoms with Crippen molar-refractivity contribution in [2.75, 3.05) is 0 Å². The van der Waals surface area contributed by atoms with Crippen LogP contribution in [0.15, 0.2) is 0 Å². The molecular formula is C10F24. The van der Waals surface area contributed by atoms with Crippen LogP contribution in [0.25, 0.3) is 0 Å². The lowest BCUT2D eigenvalue weighted by Crippen LogP contribution is -2.69. The Hall–Kier alpha value is -1.68. The third-order valence-corrected chi connectivity index (χ3v) is 3.07. The van der Waals surface area contributed by atoms with Crippen molar-refractivity contribution in [2.24, 2.45) is 0 Å². The van der Waals surface area contributed by atoms with Gasteiger partial charge in [0.15, 0.2) is 0 Å². The zero-order valence-corrected chi connectivity index (χ0v) is 14.1. The van der Waals surface area contributed by atoms with Crippen LogP contribution in [0.3, 0.4) is 0 Å². The fourth-order valence-corrected chi connectivity index (χ4v) is 1.27. The van der Waals surface area contributed by atoms with Crippen molar-refractivity contribution in [1.29, 1.82) is 0 Å². The van der Waals surface area contributed by atoms with Gasteiger partial charge in [-0.05, 0) is 0 Å². The normalized spacial score (nSPS) is 16.2. The molecule has 0 unspecified atom stereocenters. The van der Waals surface area contributed by atoms with Crippen molar-refractivity contribution < 1.29 is 105 Å². The van der Waals surface area contributed by atoms with Crippen LogP contribution in [0.5, 0.6) is 0 Å². The Morgan fingerprint density at radius 2 is 0.353 bits per heavy atom. The van der Waals surface area contributed by atoms with E-state index in [9.17, 15) is 105 Å². The van der Waals surface area contributed by atoms with Crippen molar-refractivity contribution in [3.05, 3.63) is 0 Å². The van der Waals surface area contributed by atoms with Crippen LogP contribution < -0.4 is 0 Å². The van der Waals surface area contributed by atoms with Crippen molar-refractivity contribution in [1.82, 2.24) is 0 Å². The molecule has 0 spiro atoms. The van der Waals surface area contributed by atoms with Gasteiger partial charge in [0.1, 0.15) is 0 Å². The summed E-state index contributed by atoms with van der Waals surface area (Å²) in [5.74, 6) is -30.4. The molecule has 0 fully saturated rings. The topological polar surface area (TPSA) is 0 Å². The predicted octanol–water partition coefficient (Wildman–Crippen LogP) is 8.03. The molecule has 34 heavy (non-hydrogen) atoms. The maximum atomic E-state index is 12.4. The molecule has 0 aliphatic carbocycles. The molecule has 0 aromatic heterocycles. The second kappa shape index (κ2) is 8.47. The minimum absolute atomic E-state index is 7.26. The van der Waals surface area contributed by atoms with E-state index in [1.807, 2.05) is 0 Å². The second-order valence-electron chi connectivity index (χ2n) is 5.44. The Morgan fingerprint density at radius 1 is 0.176 bits per heavy atom. The Kier molecular flexibility index (Phi) is 8.59. The van der Waals surface area contributed by atoms with Crippen molar-refractivity contribution in [3.8, 4) is 0 Å². The molecule has 0 bridgehead atoms. The average molecular weight is 576 g/mol. The molecule has 208 valence electrons. The minimum Gasteiger partial charge on any atom is -0.216 e. The van der Waals surface area contributed by atoms with E-state index in [0.717, 1.165) is 0 Å². The van der Waals surface area contributed by atoms with Gasteiger partial charge in [-0.1, -0.05) is 0 Å². The molecule has 0 radical (unpaired) electrons. The lowest BCUT2D eigenvalue weighted by atomic mass is 9.95. The quantitative estimate of drug-likeness (QED) is 0.299. The van der Waals surface area contributed by atoms with Gasteiger partial charge in [-0.2, -0.15) is 101 Å². The van der Waals surface area contributed by atoms with Crippen LogP contribution >= 0.6 is 0 Å². The zero-order valence-electron chi connectivity index (χ0n) is 14.1. The molecule has 0 aromatic rings. The molecule has 24 heteroatoms. The number of rotatable bonds is 3. The molecule has 0 heterocycles. The summed E-state index contributed by atoms with van der Waals surface area (Å²) in [6, 6.07) is 0. The number of hydrogen-bond donors (Lipinski definition) is 0. The van der Waals surface area contributed by atoms with Crippen LogP contribution in [0, 0.1) is 0 Å². The smallest absolute Gasteiger partial charge is 0.216 e. The molecule has 0 atom stereocenters. The van der Waals surface area contributed by atoms with Gasteiger partial charge in [-0.3, -0.25) is 0 Å². The summed E-state index contributed by atoms with van der Waals surface area (Å²) in [7, 11) is 0. The van der Waals surface area contributed by atoms with E-state index in [1.54, 1.807) is 0 Å². The van der Waals surface area contributed by atoms with Crippen molar-refractivity contribution in [2.45, 2.75) is 60.2 Å². The summed E-state index contributed by atoms with van der Waals surface area (Å²) < 4.78 is 279. The first-order chi connectivity index (χ1) is 14.0. The lowest BCUT2D eigenvalue weighted by molar-refractivity contribution is -0.443. The fraction of sp³-hybridized carbons (Fsp3) is 1.00. The van der Waals surface area contributed by atoms with E-state index >= 15 is 0 Å². The largest absolute Gasteiger partial charge is 0.460 e. The van der Waals surface area contributed by atoms with Crippen molar-refractivity contribution in [3.63, 3.8) is 0 Å². The highest BCUT2D eigenvalue weighted by Crippen LogP contribution is 2.60. The van der Waals surface area contributed by atoms with Gasteiger partial charge in [-0.25, -0.2) is 4.39 Å². The standard InChI is InChI=1S/2C5F12/c6-1(7,2(8,9)4(12,13)14)3(10,11)5(15,16)17;6-1(3(9,10)11,4(12,13)14)2(7,8)5(15,16)17. The second-order valence-corrected chi connectivity index (χ2v) is 5.44. The molecular weight excluding hydrogens is 576 g/mol. The maximum Gasteiger partial charge on any atom is 0.460 e. The highest BCUT2D eigenvalue weighted by atomic mass is 19.5. The SMILES string of the molecule is FC(F)(F)C(F)(F)C(F)(C(F)(F)F)C(F)(F)F.FC(F)(F)C(F)(F)C(F)(F)C(F)(F)C(F)(F)F. The Bertz CT molecular complexity index is 629. The third kappa shape index (κ3) is 5.27. The highest BCUT2D eigenvalue weighted by molar-refractivity contribution is 5.08. The molecule has 0 nitrogen and oxygen atoms in total. The monoisotopic (exact) mass is 576 g/mol. The first-order valence-corrected chi connectivity index (χ1v) is 6.54. The summed E-state index contributed by atoms with van der Waals surface area (Å²) >= 11 is 0. The summed E-state index contributed by atoms with van der Waals surface area (Å²) in [6.07, 6.45) is -36.8. The number of alkyl halides is 24. The molecule has 0 N–H and O–H groups in total. The molecule has 0 saturated heterocycles. The van der Waals surface area contributed by atoms with E-state index in [0.29, 0.717) is 0 Å². The minimum atomic E-state index is -7.70. The van der Waals surface area contributed by atoms with Gasteiger partial charge in [0.05, 0.1) is 0 Å². The van der Waals surface area contributed by atoms with Gasteiger partial charge in [0, 0.05) is 0 Å². The van der Waals surface area contributed by atoms with E-state index in [4.69, 9.17) is 0 Å². The van der Waals surface area contributed by atoms with Crippen LogP contribution in [-0.4, -0.2) is 60.2 Å². The highest BCUT2D eigenvalue weighted by Gasteiger charge is 2.91. The summed E-state index contributed by atoms with van der Waals surface area (Å²) in [6.45, 7) is 0. The van der Waals surface area contributed by atoms with Crippen molar-refractivity contribution >= 4 is 0 Å². The van der Waals surface area contributed by atoms with Crippen LogP contribution in [0.1, 0.15) is 0 Å². The molecule has 0 saturated carbocycles. The lowest BCUT2D eigenvalue weighted by Gasteiger charge is -2.36. The summed E-state index contributed by atoms with van der Waals surface area (Å²) in [4.78, 5) is 0. The van der Waals surface area contributed by atoms with Gasteiger partial charge in [0.25, 0.3) is 0 Å². The van der Waals surface area contributed by atoms with E-state index in [1.165, 1.54) is 0 Å². The van der Waals surface area contributed by atoms with E-state index < -0.39 is 60.2 Å². The van der Waals surface area contributed by atoms with E-state index in [2.05, 4.69) is 0 Å².